The Labute approximate surface area is 121 Å². The number of anilines is 1. The van der Waals surface area contributed by atoms with Crippen molar-refractivity contribution >= 4 is 5.82 Å². The number of benzene rings is 1. The third-order valence-corrected chi connectivity index (χ3v) is 3.50. The largest absolute Gasteiger partial charge is 0.383 e. The van der Waals surface area contributed by atoms with Crippen LogP contribution in [0, 0.1) is 12.8 Å². The number of aromatic nitrogens is 2. The standard InChI is InChI=1S/C17H25N3/c1-11(2)10-20-16(18)15(19-17(20)12(3)4)14-9-7-6-8-13(14)5/h6-9,11-12H,10,18H2,1-5H3. The first-order valence-electron chi connectivity index (χ1n) is 7.33. The Bertz CT molecular complexity index is 594. The van der Waals surface area contributed by atoms with E-state index in [0.29, 0.717) is 11.8 Å². The van der Waals surface area contributed by atoms with Crippen LogP contribution in [0.25, 0.3) is 11.3 Å². The molecule has 1 aromatic carbocycles. The van der Waals surface area contributed by atoms with Crippen molar-refractivity contribution < 1.29 is 0 Å². The monoisotopic (exact) mass is 271 g/mol. The first kappa shape index (κ1) is 14.6. The smallest absolute Gasteiger partial charge is 0.131 e. The lowest BCUT2D eigenvalue weighted by Gasteiger charge is -2.14. The number of nitrogen functional groups attached to an aromatic ring is 1. The van der Waals surface area contributed by atoms with Crippen LogP contribution in [0.5, 0.6) is 0 Å². The Morgan fingerprint density at radius 2 is 1.80 bits per heavy atom. The summed E-state index contributed by atoms with van der Waals surface area (Å²) in [6.07, 6.45) is 0. The van der Waals surface area contributed by atoms with E-state index in [-0.39, 0.29) is 0 Å². The van der Waals surface area contributed by atoms with Crippen LogP contribution < -0.4 is 5.73 Å². The number of hydrogen-bond acceptors (Lipinski definition) is 2. The predicted octanol–water partition coefficient (Wildman–Crippen LogP) is 4.22. The lowest BCUT2D eigenvalue weighted by molar-refractivity contribution is 0.502. The van der Waals surface area contributed by atoms with Gasteiger partial charge in [0, 0.05) is 18.0 Å². The maximum atomic E-state index is 6.39. The Balaban J connectivity index is 2.58. The zero-order valence-electron chi connectivity index (χ0n) is 13.1. The Kier molecular flexibility index (Phi) is 4.17. The highest BCUT2D eigenvalue weighted by Gasteiger charge is 2.19. The zero-order chi connectivity index (χ0) is 14.9. The fourth-order valence-electron chi connectivity index (χ4n) is 2.52. The van der Waals surface area contributed by atoms with Crippen LogP contribution in [0.4, 0.5) is 5.82 Å². The summed E-state index contributed by atoms with van der Waals surface area (Å²) in [6.45, 7) is 11.8. The molecule has 0 atom stereocenters. The van der Waals surface area contributed by atoms with E-state index < -0.39 is 0 Å². The molecule has 0 fully saturated rings. The molecule has 0 aliphatic rings. The molecular formula is C17H25N3. The van der Waals surface area contributed by atoms with Gasteiger partial charge in [0.2, 0.25) is 0 Å². The molecule has 0 saturated heterocycles. The van der Waals surface area contributed by atoms with Crippen molar-refractivity contribution in [3.8, 4) is 11.3 Å². The molecule has 1 heterocycles. The molecule has 0 aliphatic carbocycles. The van der Waals surface area contributed by atoms with Crippen molar-refractivity contribution in [1.29, 1.82) is 0 Å². The highest BCUT2D eigenvalue weighted by atomic mass is 15.1. The number of imidazole rings is 1. The first-order chi connectivity index (χ1) is 9.41. The van der Waals surface area contributed by atoms with E-state index in [1.165, 1.54) is 5.56 Å². The second-order valence-electron chi connectivity index (χ2n) is 6.18. The summed E-state index contributed by atoms with van der Waals surface area (Å²) in [6, 6.07) is 8.28. The summed E-state index contributed by atoms with van der Waals surface area (Å²) < 4.78 is 2.18. The van der Waals surface area contributed by atoms with Crippen LogP contribution in [0.3, 0.4) is 0 Å². The third-order valence-electron chi connectivity index (χ3n) is 3.50. The van der Waals surface area contributed by atoms with E-state index in [1.807, 2.05) is 12.1 Å². The molecule has 20 heavy (non-hydrogen) atoms. The molecule has 2 N–H and O–H groups in total. The molecule has 0 bridgehead atoms. The fraction of sp³-hybridized carbons (Fsp3) is 0.471. The van der Waals surface area contributed by atoms with Crippen LogP contribution in [0.15, 0.2) is 24.3 Å². The normalized spacial score (nSPS) is 11.6. The maximum absolute atomic E-state index is 6.39. The Morgan fingerprint density at radius 3 is 2.35 bits per heavy atom. The van der Waals surface area contributed by atoms with Crippen molar-refractivity contribution in [2.24, 2.45) is 5.92 Å². The van der Waals surface area contributed by atoms with E-state index in [9.17, 15) is 0 Å². The van der Waals surface area contributed by atoms with Gasteiger partial charge in [-0.15, -0.1) is 0 Å². The SMILES string of the molecule is Cc1ccccc1-c1nc(C(C)C)n(CC(C)C)c1N. The fourth-order valence-corrected chi connectivity index (χ4v) is 2.52. The minimum absolute atomic E-state index is 0.369. The molecular weight excluding hydrogens is 246 g/mol. The van der Waals surface area contributed by atoms with E-state index >= 15 is 0 Å². The minimum atomic E-state index is 0.369. The van der Waals surface area contributed by atoms with Gasteiger partial charge in [0.25, 0.3) is 0 Å². The highest BCUT2D eigenvalue weighted by molar-refractivity contribution is 5.73. The van der Waals surface area contributed by atoms with Crippen molar-refractivity contribution in [3.63, 3.8) is 0 Å². The zero-order valence-corrected chi connectivity index (χ0v) is 13.1. The molecule has 0 aliphatic heterocycles. The summed E-state index contributed by atoms with van der Waals surface area (Å²) in [4.78, 5) is 4.83. The molecule has 1 aromatic heterocycles. The minimum Gasteiger partial charge on any atom is -0.383 e. The molecule has 0 radical (unpaired) electrons. The van der Waals surface area contributed by atoms with Gasteiger partial charge in [-0.2, -0.15) is 0 Å². The van der Waals surface area contributed by atoms with Crippen molar-refractivity contribution in [2.75, 3.05) is 5.73 Å². The van der Waals surface area contributed by atoms with E-state index in [1.54, 1.807) is 0 Å². The Morgan fingerprint density at radius 1 is 1.15 bits per heavy atom. The summed E-state index contributed by atoms with van der Waals surface area (Å²) in [5, 5.41) is 0. The van der Waals surface area contributed by atoms with Gasteiger partial charge in [0.05, 0.1) is 0 Å². The topological polar surface area (TPSA) is 43.8 Å². The summed E-state index contributed by atoms with van der Waals surface area (Å²) in [7, 11) is 0. The molecule has 2 aromatic rings. The lowest BCUT2D eigenvalue weighted by Crippen LogP contribution is -2.12. The molecule has 108 valence electrons. The molecule has 0 spiro atoms. The van der Waals surface area contributed by atoms with E-state index in [2.05, 4.69) is 51.3 Å². The molecule has 0 unspecified atom stereocenters. The van der Waals surface area contributed by atoms with Crippen LogP contribution in [0.2, 0.25) is 0 Å². The molecule has 3 heteroatoms. The summed E-state index contributed by atoms with van der Waals surface area (Å²) in [5.74, 6) is 2.79. The Hall–Kier alpha value is -1.77. The summed E-state index contributed by atoms with van der Waals surface area (Å²) in [5.41, 5.74) is 9.66. The first-order valence-corrected chi connectivity index (χ1v) is 7.33. The van der Waals surface area contributed by atoms with Gasteiger partial charge in [-0.05, 0) is 18.4 Å². The van der Waals surface area contributed by atoms with Crippen LogP contribution in [0.1, 0.15) is 45.0 Å². The third kappa shape index (κ3) is 2.72. The maximum Gasteiger partial charge on any atom is 0.131 e. The number of aryl methyl sites for hydroxylation is 1. The van der Waals surface area contributed by atoms with Gasteiger partial charge in [-0.25, -0.2) is 4.98 Å². The average Bonchev–Trinajstić information content (AvgIpc) is 2.68. The van der Waals surface area contributed by atoms with Crippen molar-refractivity contribution in [2.45, 2.75) is 47.1 Å². The highest BCUT2D eigenvalue weighted by Crippen LogP contribution is 2.31. The second kappa shape index (κ2) is 5.70. The number of rotatable bonds is 4. The van der Waals surface area contributed by atoms with Gasteiger partial charge in [0.1, 0.15) is 17.3 Å². The molecule has 2 rings (SSSR count). The number of nitrogens with two attached hydrogens (primary N) is 1. The molecule has 0 amide bonds. The van der Waals surface area contributed by atoms with Gasteiger partial charge in [-0.3, -0.25) is 0 Å². The average molecular weight is 271 g/mol. The number of hydrogen-bond donors (Lipinski definition) is 1. The van der Waals surface area contributed by atoms with E-state index in [4.69, 9.17) is 10.7 Å². The molecule has 0 saturated carbocycles. The molecule has 3 nitrogen and oxygen atoms in total. The number of nitrogens with zero attached hydrogens (tertiary/aromatic N) is 2. The van der Waals surface area contributed by atoms with Crippen LogP contribution in [-0.2, 0) is 6.54 Å². The van der Waals surface area contributed by atoms with Crippen molar-refractivity contribution in [3.05, 3.63) is 35.7 Å². The quantitative estimate of drug-likeness (QED) is 0.904. The van der Waals surface area contributed by atoms with E-state index in [0.717, 1.165) is 29.4 Å². The van der Waals surface area contributed by atoms with Gasteiger partial charge in [-0.1, -0.05) is 52.0 Å². The van der Waals surface area contributed by atoms with Gasteiger partial charge < -0.3 is 10.3 Å². The van der Waals surface area contributed by atoms with Gasteiger partial charge >= 0.3 is 0 Å². The van der Waals surface area contributed by atoms with Gasteiger partial charge in [0.15, 0.2) is 0 Å². The summed E-state index contributed by atoms with van der Waals surface area (Å²) >= 11 is 0. The van der Waals surface area contributed by atoms with Crippen molar-refractivity contribution in [1.82, 2.24) is 9.55 Å². The lowest BCUT2D eigenvalue weighted by atomic mass is 10.1. The van der Waals surface area contributed by atoms with Crippen LogP contribution in [-0.4, -0.2) is 9.55 Å². The van der Waals surface area contributed by atoms with Crippen LogP contribution >= 0.6 is 0 Å². The second-order valence-corrected chi connectivity index (χ2v) is 6.18. The predicted molar refractivity (Wildman–Crippen MR) is 85.7 cm³/mol.